The third-order valence-electron chi connectivity index (χ3n) is 5.34. The van der Waals surface area contributed by atoms with E-state index in [2.05, 4.69) is 17.4 Å². The first-order valence-electron chi connectivity index (χ1n) is 10.5. The van der Waals surface area contributed by atoms with Gasteiger partial charge in [-0.2, -0.15) is 0 Å². The van der Waals surface area contributed by atoms with Crippen LogP contribution in [0.1, 0.15) is 34.3 Å². The van der Waals surface area contributed by atoms with E-state index in [1.165, 1.54) is 5.56 Å². The van der Waals surface area contributed by atoms with Crippen molar-refractivity contribution in [1.29, 1.82) is 0 Å². The van der Waals surface area contributed by atoms with Gasteiger partial charge in [0.25, 0.3) is 5.91 Å². The standard InChI is InChI=1S/C26H26N2O2/c29-25(22-14-15-22)27-24-13-7-12-23(18-24)26(30)28(19-21-10-5-2-6-11-21)17-16-20-8-3-1-4-9-20/h1-13,18,22H,14-17,19H2,(H,27,29). The van der Waals surface area contributed by atoms with Gasteiger partial charge in [0.05, 0.1) is 0 Å². The van der Waals surface area contributed by atoms with E-state index in [4.69, 9.17) is 0 Å². The lowest BCUT2D eigenvalue weighted by Gasteiger charge is -2.23. The lowest BCUT2D eigenvalue weighted by molar-refractivity contribution is -0.117. The topological polar surface area (TPSA) is 49.4 Å². The summed E-state index contributed by atoms with van der Waals surface area (Å²) in [5, 5.41) is 2.94. The Labute approximate surface area is 177 Å². The highest BCUT2D eigenvalue weighted by Crippen LogP contribution is 2.30. The van der Waals surface area contributed by atoms with Gasteiger partial charge >= 0.3 is 0 Å². The zero-order valence-corrected chi connectivity index (χ0v) is 17.0. The van der Waals surface area contributed by atoms with Gasteiger partial charge in [0.1, 0.15) is 0 Å². The molecule has 2 amide bonds. The maximum Gasteiger partial charge on any atom is 0.254 e. The monoisotopic (exact) mass is 398 g/mol. The van der Waals surface area contributed by atoms with E-state index in [1.54, 1.807) is 6.07 Å². The van der Waals surface area contributed by atoms with Gasteiger partial charge in [-0.15, -0.1) is 0 Å². The maximum atomic E-state index is 13.4. The van der Waals surface area contributed by atoms with E-state index in [-0.39, 0.29) is 17.7 Å². The van der Waals surface area contributed by atoms with Gasteiger partial charge in [-0.3, -0.25) is 9.59 Å². The van der Waals surface area contributed by atoms with Crippen LogP contribution >= 0.6 is 0 Å². The molecule has 30 heavy (non-hydrogen) atoms. The number of rotatable bonds is 8. The molecule has 0 unspecified atom stereocenters. The molecule has 3 aromatic rings. The summed E-state index contributed by atoms with van der Waals surface area (Å²) in [7, 11) is 0. The Balaban J connectivity index is 1.51. The molecule has 1 saturated carbocycles. The van der Waals surface area contributed by atoms with Crippen LogP contribution in [0.15, 0.2) is 84.9 Å². The van der Waals surface area contributed by atoms with Crippen LogP contribution in [0.3, 0.4) is 0 Å². The predicted octanol–water partition coefficient (Wildman–Crippen LogP) is 4.92. The molecule has 0 aromatic heterocycles. The van der Waals surface area contributed by atoms with E-state index >= 15 is 0 Å². The number of amides is 2. The van der Waals surface area contributed by atoms with E-state index in [9.17, 15) is 9.59 Å². The van der Waals surface area contributed by atoms with Crippen molar-refractivity contribution in [2.45, 2.75) is 25.8 Å². The lowest BCUT2D eigenvalue weighted by atomic mass is 10.1. The summed E-state index contributed by atoms with van der Waals surface area (Å²) in [6, 6.07) is 27.5. The van der Waals surface area contributed by atoms with Crippen molar-refractivity contribution in [2.24, 2.45) is 5.92 Å². The zero-order chi connectivity index (χ0) is 20.8. The summed E-state index contributed by atoms with van der Waals surface area (Å²) < 4.78 is 0. The number of nitrogens with zero attached hydrogens (tertiary/aromatic N) is 1. The van der Waals surface area contributed by atoms with Crippen LogP contribution in [-0.2, 0) is 17.8 Å². The molecule has 1 N–H and O–H groups in total. The number of benzene rings is 3. The molecule has 0 bridgehead atoms. The average Bonchev–Trinajstić information content (AvgIpc) is 3.63. The summed E-state index contributed by atoms with van der Waals surface area (Å²) >= 11 is 0. The molecule has 4 rings (SSSR count). The molecule has 0 saturated heterocycles. The minimum absolute atomic E-state index is 0.0303. The van der Waals surface area contributed by atoms with Crippen LogP contribution in [0.5, 0.6) is 0 Å². The van der Waals surface area contributed by atoms with Crippen LogP contribution in [0, 0.1) is 5.92 Å². The second kappa shape index (κ2) is 9.40. The number of carbonyl (C=O) groups excluding carboxylic acids is 2. The van der Waals surface area contributed by atoms with Crippen LogP contribution in [0.2, 0.25) is 0 Å². The smallest absolute Gasteiger partial charge is 0.254 e. The van der Waals surface area contributed by atoms with Gasteiger partial charge in [-0.1, -0.05) is 66.7 Å². The second-order valence-electron chi connectivity index (χ2n) is 7.79. The first kappa shape index (κ1) is 19.9. The molecule has 3 aromatic carbocycles. The van der Waals surface area contributed by atoms with Gasteiger partial charge in [0.2, 0.25) is 5.91 Å². The highest BCUT2D eigenvalue weighted by Gasteiger charge is 2.29. The van der Waals surface area contributed by atoms with E-state index in [0.29, 0.717) is 24.3 Å². The number of carbonyl (C=O) groups is 2. The Bertz CT molecular complexity index is 998. The van der Waals surface area contributed by atoms with Gasteiger partial charge in [-0.05, 0) is 48.6 Å². The molecule has 4 heteroatoms. The fourth-order valence-corrected chi connectivity index (χ4v) is 3.47. The Hall–Kier alpha value is -3.40. The Morgan fingerprint density at radius 1 is 0.833 bits per heavy atom. The minimum atomic E-state index is -0.0303. The SMILES string of the molecule is O=C(Nc1cccc(C(=O)N(CCc2ccccc2)Cc2ccccc2)c1)C1CC1. The highest BCUT2D eigenvalue weighted by atomic mass is 16.2. The van der Waals surface area contributed by atoms with Crippen molar-refractivity contribution in [1.82, 2.24) is 4.90 Å². The van der Waals surface area contributed by atoms with Crippen LogP contribution in [0.4, 0.5) is 5.69 Å². The minimum Gasteiger partial charge on any atom is -0.334 e. The summed E-state index contributed by atoms with van der Waals surface area (Å²) in [5.41, 5.74) is 3.57. The molecule has 0 atom stereocenters. The third-order valence-corrected chi connectivity index (χ3v) is 5.34. The molecule has 0 heterocycles. The lowest BCUT2D eigenvalue weighted by Crippen LogP contribution is -2.32. The van der Waals surface area contributed by atoms with Gasteiger partial charge in [0.15, 0.2) is 0 Å². The summed E-state index contributed by atoms with van der Waals surface area (Å²) in [5.74, 6) is 0.145. The van der Waals surface area contributed by atoms with Gasteiger partial charge < -0.3 is 10.2 Å². The van der Waals surface area contributed by atoms with E-state index < -0.39 is 0 Å². The summed E-state index contributed by atoms with van der Waals surface area (Å²) in [4.78, 5) is 27.3. The quantitative estimate of drug-likeness (QED) is 0.585. The van der Waals surface area contributed by atoms with E-state index in [0.717, 1.165) is 24.8 Å². The first-order valence-corrected chi connectivity index (χ1v) is 10.5. The molecule has 1 aliphatic carbocycles. The van der Waals surface area contributed by atoms with Crippen molar-refractivity contribution in [3.63, 3.8) is 0 Å². The number of hydrogen-bond donors (Lipinski definition) is 1. The van der Waals surface area contributed by atoms with Crippen molar-refractivity contribution in [3.8, 4) is 0 Å². The maximum absolute atomic E-state index is 13.4. The third kappa shape index (κ3) is 5.35. The molecular formula is C26H26N2O2. The average molecular weight is 399 g/mol. The Kier molecular flexibility index (Phi) is 6.23. The molecule has 0 radical (unpaired) electrons. The van der Waals surface area contributed by atoms with E-state index in [1.807, 2.05) is 71.6 Å². The fraction of sp³-hybridized carbons (Fsp3) is 0.231. The Morgan fingerprint density at radius 2 is 1.50 bits per heavy atom. The van der Waals surface area contributed by atoms with Crippen molar-refractivity contribution < 1.29 is 9.59 Å². The largest absolute Gasteiger partial charge is 0.334 e. The molecule has 0 spiro atoms. The first-order chi connectivity index (χ1) is 14.7. The molecule has 1 aliphatic rings. The molecule has 0 aliphatic heterocycles. The molecule has 1 fully saturated rings. The van der Waals surface area contributed by atoms with Crippen LogP contribution < -0.4 is 5.32 Å². The van der Waals surface area contributed by atoms with Gasteiger partial charge in [0, 0.05) is 30.3 Å². The van der Waals surface area contributed by atoms with Crippen LogP contribution in [-0.4, -0.2) is 23.3 Å². The van der Waals surface area contributed by atoms with Crippen molar-refractivity contribution in [3.05, 3.63) is 102 Å². The second-order valence-corrected chi connectivity index (χ2v) is 7.79. The molecular weight excluding hydrogens is 372 g/mol. The number of nitrogens with one attached hydrogen (secondary N) is 1. The Morgan fingerprint density at radius 3 is 2.17 bits per heavy atom. The molecule has 152 valence electrons. The fourth-order valence-electron chi connectivity index (χ4n) is 3.47. The van der Waals surface area contributed by atoms with Gasteiger partial charge in [-0.25, -0.2) is 0 Å². The summed E-state index contributed by atoms with van der Waals surface area (Å²) in [6.07, 6.45) is 2.70. The number of hydrogen-bond acceptors (Lipinski definition) is 2. The van der Waals surface area contributed by atoms with Crippen molar-refractivity contribution in [2.75, 3.05) is 11.9 Å². The summed E-state index contributed by atoms with van der Waals surface area (Å²) in [6.45, 7) is 1.17. The molecule has 4 nitrogen and oxygen atoms in total. The van der Waals surface area contributed by atoms with Crippen molar-refractivity contribution >= 4 is 17.5 Å². The van der Waals surface area contributed by atoms with Crippen LogP contribution in [0.25, 0.3) is 0 Å². The normalized spacial score (nSPS) is 12.9. The highest BCUT2D eigenvalue weighted by molar-refractivity contribution is 5.98. The zero-order valence-electron chi connectivity index (χ0n) is 17.0. The number of anilines is 1. The predicted molar refractivity (Wildman–Crippen MR) is 119 cm³/mol.